The molecule has 21 heavy (non-hydrogen) atoms. The molecule has 0 saturated heterocycles. The van der Waals surface area contributed by atoms with Crippen molar-refractivity contribution in [1.82, 2.24) is 14.1 Å². The van der Waals surface area contributed by atoms with E-state index in [1.54, 1.807) is 0 Å². The van der Waals surface area contributed by atoms with Crippen LogP contribution in [0.1, 0.15) is 31.5 Å². The van der Waals surface area contributed by atoms with E-state index in [-0.39, 0.29) is 0 Å². The first kappa shape index (κ1) is 12.5. The highest BCUT2D eigenvalue weighted by Crippen LogP contribution is 2.36. The zero-order valence-electron chi connectivity index (χ0n) is 12.2. The topological polar surface area (TPSA) is 32.0 Å². The molecule has 4 nitrogen and oxygen atoms in total. The lowest BCUT2D eigenvalue weighted by Crippen LogP contribution is -2.05. The average molecular weight is 281 g/mol. The van der Waals surface area contributed by atoms with Crippen LogP contribution in [-0.4, -0.2) is 20.7 Å². The molecule has 3 aromatic rings. The van der Waals surface area contributed by atoms with E-state index in [9.17, 15) is 0 Å². The lowest BCUT2D eigenvalue weighted by Gasteiger charge is -2.09. The van der Waals surface area contributed by atoms with E-state index >= 15 is 0 Å². The molecule has 4 rings (SSSR count). The normalized spacial score (nSPS) is 14.7. The van der Waals surface area contributed by atoms with Crippen LogP contribution in [0, 0.1) is 0 Å². The molecule has 0 unspecified atom stereocenters. The third-order valence-corrected chi connectivity index (χ3v) is 4.07. The van der Waals surface area contributed by atoms with Crippen molar-refractivity contribution in [2.45, 2.75) is 32.4 Å². The van der Waals surface area contributed by atoms with Crippen LogP contribution >= 0.6 is 0 Å². The van der Waals surface area contributed by atoms with Crippen molar-refractivity contribution in [3.05, 3.63) is 48.7 Å². The summed E-state index contributed by atoms with van der Waals surface area (Å²) in [6.45, 7) is 3.58. The Balaban J connectivity index is 1.65. The first-order valence-electron chi connectivity index (χ1n) is 7.57. The highest BCUT2D eigenvalue weighted by atomic mass is 16.5. The van der Waals surface area contributed by atoms with Crippen molar-refractivity contribution >= 4 is 10.9 Å². The molecule has 2 aromatic heterocycles. The Kier molecular flexibility index (Phi) is 2.95. The van der Waals surface area contributed by atoms with E-state index in [4.69, 9.17) is 4.74 Å². The SMILES string of the molecule is CCOc1ccc2c(ccn2Cc2cncn2C2CC2)c1. The minimum Gasteiger partial charge on any atom is -0.494 e. The van der Waals surface area contributed by atoms with Crippen LogP contribution in [0.25, 0.3) is 10.9 Å². The largest absolute Gasteiger partial charge is 0.494 e. The minimum atomic E-state index is 0.675. The molecule has 0 radical (unpaired) electrons. The lowest BCUT2D eigenvalue weighted by molar-refractivity contribution is 0.340. The molecule has 0 aliphatic heterocycles. The van der Waals surface area contributed by atoms with E-state index in [0.717, 1.165) is 12.3 Å². The summed E-state index contributed by atoms with van der Waals surface area (Å²) in [4.78, 5) is 4.31. The summed E-state index contributed by atoms with van der Waals surface area (Å²) in [5.74, 6) is 0.936. The Hall–Kier alpha value is -2.23. The number of fused-ring (bicyclic) bond motifs is 1. The lowest BCUT2D eigenvalue weighted by atomic mass is 10.2. The standard InChI is InChI=1S/C17H19N3O/c1-2-21-16-5-6-17-13(9-16)7-8-19(17)11-15-10-18-12-20(15)14-3-4-14/h5-10,12,14H,2-4,11H2,1H3. The van der Waals surface area contributed by atoms with E-state index in [2.05, 4.69) is 38.5 Å². The van der Waals surface area contributed by atoms with Crippen LogP contribution in [0.5, 0.6) is 5.75 Å². The summed E-state index contributed by atoms with van der Waals surface area (Å²) in [5.41, 5.74) is 2.52. The maximum atomic E-state index is 5.56. The predicted octanol–water partition coefficient (Wildman–Crippen LogP) is 3.62. The number of ether oxygens (including phenoxy) is 1. The number of imidazole rings is 1. The molecule has 108 valence electrons. The van der Waals surface area contributed by atoms with Gasteiger partial charge in [0.2, 0.25) is 0 Å². The van der Waals surface area contributed by atoms with Crippen molar-refractivity contribution in [3.8, 4) is 5.75 Å². The molecular weight excluding hydrogens is 262 g/mol. The van der Waals surface area contributed by atoms with Crippen molar-refractivity contribution in [1.29, 1.82) is 0 Å². The van der Waals surface area contributed by atoms with Crippen molar-refractivity contribution in [2.24, 2.45) is 0 Å². The third kappa shape index (κ3) is 2.31. The number of aromatic nitrogens is 3. The van der Waals surface area contributed by atoms with Crippen LogP contribution in [0.3, 0.4) is 0 Å². The molecule has 0 bridgehead atoms. The van der Waals surface area contributed by atoms with Gasteiger partial charge in [0.05, 0.1) is 25.2 Å². The maximum Gasteiger partial charge on any atom is 0.120 e. The Labute approximate surface area is 124 Å². The van der Waals surface area contributed by atoms with Crippen LogP contribution in [-0.2, 0) is 6.54 Å². The Morgan fingerprint density at radius 2 is 2.19 bits per heavy atom. The van der Waals surface area contributed by atoms with E-state index in [1.165, 1.54) is 29.4 Å². The molecule has 4 heteroatoms. The van der Waals surface area contributed by atoms with Crippen molar-refractivity contribution < 1.29 is 4.74 Å². The van der Waals surface area contributed by atoms with Gasteiger partial charge in [0, 0.05) is 29.3 Å². The molecule has 0 spiro atoms. The van der Waals surface area contributed by atoms with Gasteiger partial charge in [-0.25, -0.2) is 4.98 Å². The van der Waals surface area contributed by atoms with E-state index in [1.807, 2.05) is 25.5 Å². The van der Waals surface area contributed by atoms with Crippen molar-refractivity contribution in [2.75, 3.05) is 6.61 Å². The third-order valence-electron chi connectivity index (χ3n) is 4.07. The van der Waals surface area contributed by atoms with Gasteiger partial charge < -0.3 is 13.9 Å². The van der Waals surface area contributed by atoms with Gasteiger partial charge >= 0.3 is 0 Å². The van der Waals surface area contributed by atoms with Crippen molar-refractivity contribution in [3.63, 3.8) is 0 Å². The number of hydrogen-bond donors (Lipinski definition) is 0. The zero-order chi connectivity index (χ0) is 14.2. The van der Waals surface area contributed by atoms with Gasteiger partial charge in [-0.15, -0.1) is 0 Å². The number of benzene rings is 1. The number of rotatable bonds is 5. The fourth-order valence-corrected chi connectivity index (χ4v) is 2.88. The van der Waals surface area contributed by atoms with Gasteiger partial charge in [0.15, 0.2) is 0 Å². The molecule has 1 aliphatic carbocycles. The van der Waals surface area contributed by atoms with Crippen LogP contribution in [0.15, 0.2) is 43.0 Å². The molecule has 1 aromatic carbocycles. The maximum absolute atomic E-state index is 5.56. The summed E-state index contributed by atoms with van der Waals surface area (Å²) < 4.78 is 10.2. The fraction of sp³-hybridized carbons (Fsp3) is 0.353. The Morgan fingerprint density at radius 3 is 3.00 bits per heavy atom. The first-order chi connectivity index (χ1) is 10.3. The van der Waals surface area contributed by atoms with Gasteiger partial charge in [-0.1, -0.05) is 0 Å². The van der Waals surface area contributed by atoms with Gasteiger partial charge in [0.25, 0.3) is 0 Å². The van der Waals surface area contributed by atoms with Crippen LogP contribution in [0.2, 0.25) is 0 Å². The fourth-order valence-electron chi connectivity index (χ4n) is 2.88. The number of hydrogen-bond acceptors (Lipinski definition) is 2. The second kappa shape index (κ2) is 4.95. The molecular formula is C17H19N3O. The molecule has 1 aliphatic rings. The first-order valence-corrected chi connectivity index (χ1v) is 7.57. The summed E-state index contributed by atoms with van der Waals surface area (Å²) in [7, 11) is 0. The summed E-state index contributed by atoms with van der Waals surface area (Å²) in [6.07, 6.45) is 8.66. The highest BCUT2D eigenvalue weighted by molar-refractivity contribution is 5.81. The zero-order valence-corrected chi connectivity index (χ0v) is 12.2. The van der Waals surface area contributed by atoms with Crippen LogP contribution < -0.4 is 4.74 Å². The average Bonchev–Trinajstić information content (AvgIpc) is 3.11. The Morgan fingerprint density at radius 1 is 1.29 bits per heavy atom. The predicted molar refractivity (Wildman–Crippen MR) is 82.7 cm³/mol. The Bertz CT molecular complexity index is 767. The molecule has 1 fully saturated rings. The smallest absolute Gasteiger partial charge is 0.120 e. The second-order valence-corrected chi connectivity index (χ2v) is 5.62. The van der Waals surface area contributed by atoms with Crippen LogP contribution in [0.4, 0.5) is 0 Å². The summed E-state index contributed by atoms with van der Waals surface area (Å²) >= 11 is 0. The second-order valence-electron chi connectivity index (χ2n) is 5.62. The molecule has 0 amide bonds. The molecule has 1 saturated carbocycles. The summed E-state index contributed by atoms with van der Waals surface area (Å²) in [5, 5.41) is 1.22. The summed E-state index contributed by atoms with van der Waals surface area (Å²) in [6, 6.07) is 9.11. The van der Waals surface area contributed by atoms with Gasteiger partial charge in [-0.2, -0.15) is 0 Å². The minimum absolute atomic E-state index is 0.675. The molecule has 0 atom stereocenters. The molecule has 2 heterocycles. The number of nitrogens with zero attached hydrogens (tertiary/aromatic N) is 3. The van der Waals surface area contributed by atoms with Gasteiger partial charge in [0.1, 0.15) is 5.75 Å². The quantitative estimate of drug-likeness (QED) is 0.715. The van der Waals surface area contributed by atoms with Gasteiger partial charge in [-0.3, -0.25) is 0 Å². The van der Waals surface area contributed by atoms with E-state index in [0.29, 0.717) is 12.6 Å². The highest BCUT2D eigenvalue weighted by Gasteiger charge is 2.25. The van der Waals surface area contributed by atoms with Gasteiger partial charge in [-0.05, 0) is 44.0 Å². The monoisotopic (exact) mass is 281 g/mol. The molecule has 0 N–H and O–H groups in total. The van der Waals surface area contributed by atoms with E-state index < -0.39 is 0 Å².